The smallest absolute Gasteiger partial charge is 0.303 e. The Morgan fingerprint density at radius 2 is 2.06 bits per heavy atom. The number of ketones is 2. The highest BCUT2D eigenvalue weighted by molar-refractivity contribution is 9.10. The van der Waals surface area contributed by atoms with E-state index in [1.165, 1.54) is 6.92 Å². The van der Waals surface area contributed by atoms with E-state index in [-0.39, 0.29) is 36.8 Å². The van der Waals surface area contributed by atoms with Crippen molar-refractivity contribution in [3.05, 3.63) is 23.8 Å². The van der Waals surface area contributed by atoms with Gasteiger partial charge in [-0.1, -0.05) is 41.4 Å². The number of fused-ring (bicyclic) bond motifs is 7. The third-order valence-corrected chi connectivity index (χ3v) is 11.1. The zero-order valence-corrected chi connectivity index (χ0v) is 20.1. The Kier molecular flexibility index (Phi) is 4.96. The van der Waals surface area contributed by atoms with Crippen LogP contribution in [0.1, 0.15) is 46.5 Å². The minimum atomic E-state index is -1.25. The van der Waals surface area contributed by atoms with E-state index < -0.39 is 38.9 Å². The van der Waals surface area contributed by atoms with Crippen LogP contribution in [0, 0.1) is 22.7 Å². The zero-order chi connectivity index (χ0) is 23.1. The minimum Gasteiger partial charge on any atom is -0.458 e. The van der Waals surface area contributed by atoms with E-state index in [2.05, 4.69) is 22.9 Å². The number of carbonyl (C=O) groups is 3. The molecule has 0 unspecified atom stereocenters. The molecule has 174 valence electrons. The van der Waals surface area contributed by atoms with Gasteiger partial charge in [-0.05, 0) is 49.7 Å². The number of rotatable bonds is 3. The maximum absolute atomic E-state index is 13.5. The second-order valence-electron chi connectivity index (χ2n) is 10.4. The molecule has 5 rings (SSSR count). The Bertz CT molecular complexity index is 958. The lowest BCUT2D eigenvalue weighted by atomic mass is 9.46. The van der Waals surface area contributed by atoms with Crippen molar-refractivity contribution in [2.45, 2.75) is 68.6 Å². The third-order valence-electron chi connectivity index (χ3n) is 9.18. The van der Waals surface area contributed by atoms with E-state index >= 15 is 0 Å². The lowest BCUT2D eigenvalue weighted by Crippen LogP contribution is -2.69. The van der Waals surface area contributed by atoms with Gasteiger partial charge in [0.05, 0.1) is 16.5 Å². The Hall–Kier alpha value is -1.35. The quantitative estimate of drug-likeness (QED) is 0.462. The number of esters is 1. The Balaban J connectivity index is 1.57. The van der Waals surface area contributed by atoms with Gasteiger partial charge in [0.2, 0.25) is 5.78 Å². The number of halogens is 1. The van der Waals surface area contributed by atoms with Crippen molar-refractivity contribution in [1.82, 2.24) is 0 Å². The predicted octanol–water partition coefficient (Wildman–Crippen LogP) is 2.64. The molecule has 4 aliphatic carbocycles. The number of carbonyl (C=O) groups excluding carboxylic acids is 3. The Labute approximate surface area is 195 Å². The van der Waals surface area contributed by atoms with E-state index in [0.29, 0.717) is 12.8 Å². The molecule has 1 aliphatic heterocycles. The van der Waals surface area contributed by atoms with Gasteiger partial charge < -0.3 is 19.3 Å². The summed E-state index contributed by atoms with van der Waals surface area (Å²) in [6, 6.07) is 0. The van der Waals surface area contributed by atoms with Crippen LogP contribution in [0.2, 0.25) is 0 Å². The van der Waals surface area contributed by atoms with Crippen molar-refractivity contribution in [2.75, 3.05) is 13.4 Å². The fraction of sp³-hybridized carbons (Fsp3) is 0.708. The first-order chi connectivity index (χ1) is 15.0. The molecule has 8 atom stereocenters. The summed E-state index contributed by atoms with van der Waals surface area (Å²) in [6.07, 6.45) is 6.49. The van der Waals surface area contributed by atoms with Crippen LogP contribution in [0.15, 0.2) is 23.8 Å². The fourth-order valence-electron chi connectivity index (χ4n) is 7.69. The third kappa shape index (κ3) is 2.55. The highest BCUT2D eigenvalue weighted by Crippen LogP contribution is 2.72. The SMILES string of the molecule is CC(=O)OCC(=O)[C@@]12OCO[C@@H]1C[C@H]1[C@@H]3CCC4=CC(=O)C=C[C@]4(C)[C@@]3(Br)[C@@H](O)C[C@@]12C. The highest BCUT2D eigenvalue weighted by Gasteiger charge is 2.77. The molecule has 0 amide bonds. The van der Waals surface area contributed by atoms with Crippen LogP contribution in [0.3, 0.4) is 0 Å². The second-order valence-corrected chi connectivity index (χ2v) is 11.7. The number of aliphatic hydroxyl groups excluding tert-OH is 1. The minimum absolute atomic E-state index is 0.00839. The van der Waals surface area contributed by atoms with Crippen LogP contribution < -0.4 is 0 Å². The average Bonchev–Trinajstić information content (AvgIpc) is 3.25. The van der Waals surface area contributed by atoms with Crippen molar-refractivity contribution in [2.24, 2.45) is 22.7 Å². The van der Waals surface area contributed by atoms with Crippen LogP contribution in [-0.4, -0.2) is 58.2 Å². The largest absolute Gasteiger partial charge is 0.458 e. The molecule has 0 spiro atoms. The van der Waals surface area contributed by atoms with Gasteiger partial charge in [-0.2, -0.15) is 0 Å². The van der Waals surface area contributed by atoms with Gasteiger partial charge in [-0.3, -0.25) is 14.4 Å². The molecular weight excluding hydrogens is 480 g/mol. The number of allylic oxidation sites excluding steroid dienone is 4. The molecule has 7 nitrogen and oxygen atoms in total. The second kappa shape index (κ2) is 7.08. The predicted molar refractivity (Wildman–Crippen MR) is 117 cm³/mol. The van der Waals surface area contributed by atoms with Gasteiger partial charge in [0.25, 0.3) is 0 Å². The first kappa shape index (κ1) is 22.4. The number of ether oxygens (including phenoxy) is 3. The zero-order valence-electron chi connectivity index (χ0n) is 18.6. The summed E-state index contributed by atoms with van der Waals surface area (Å²) in [7, 11) is 0. The molecule has 3 saturated carbocycles. The van der Waals surface area contributed by atoms with Crippen LogP contribution in [0.5, 0.6) is 0 Å². The number of aliphatic hydroxyl groups is 1. The van der Waals surface area contributed by atoms with Crippen molar-refractivity contribution in [3.8, 4) is 0 Å². The summed E-state index contributed by atoms with van der Waals surface area (Å²) in [5, 5.41) is 11.7. The van der Waals surface area contributed by atoms with Crippen LogP contribution in [-0.2, 0) is 28.6 Å². The van der Waals surface area contributed by atoms with Crippen molar-refractivity contribution >= 4 is 33.5 Å². The topological polar surface area (TPSA) is 99.1 Å². The summed E-state index contributed by atoms with van der Waals surface area (Å²) in [6.45, 7) is 5.01. The number of alkyl halides is 1. The summed E-state index contributed by atoms with van der Waals surface area (Å²) in [5.41, 5.74) is -1.41. The van der Waals surface area contributed by atoms with E-state index in [4.69, 9.17) is 14.2 Å². The Morgan fingerprint density at radius 1 is 1.31 bits per heavy atom. The number of hydrogen-bond acceptors (Lipinski definition) is 7. The van der Waals surface area contributed by atoms with E-state index in [1.807, 2.05) is 13.0 Å². The number of Topliss-reactive ketones (excluding diaryl/α,β-unsaturated/α-hetero) is 1. The summed E-state index contributed by atoms with van der Waals surface area (Å²) >= 11 is 4.01. The molecule has 1 saturated heterocycles. The lowest BCUT2D eigenvalue weighted by molar-refractivity contribution is -0.181. The first-order valence-corrected chi connectivity index (χ1v) is 12.0. The van der Waals surface area contributed by atoms with Gasteiger partial charge >= 0.3 is 5.97 Å². The monoisotopic (exact) mass is 508 g/mol. The van der Waals surface area contributed by atoms with Crippen molar-refractivity contribution in [3.63, 3.8) is 0 Å². The highest BCUT2D eigenvalue weighted by atomic mass is 79.9. The van der Waals surface area contributed by atoms with Gasteiger partial charge in [-0.25, -0.2) is 0 Å². The lowest BCUT2D eigenvalue weighted by Gasteiger charge is -2.64. The molecule has 0 aromatic rings. The molecule has 0 aromatic heterocycles. The van der Waals surface area contributed by atoms with Gasteiger partial charge in [0.1, 0.15) is 6.79 Å². The molecule has 32 heavy (non-hydrogen) atoms. The summed E-state index contributed by atoms with van der Waals surface area (Å²) in [4.78, 5) is 36.9. The van der Waals surface area contributed by atoms with Crippen LogP contribution in [0.25, 0.3) is 0 Å². The van der Waals surface area contributed by atoms with Crippen molar-refractivity contribution in [1.29, 1.82) is 0 Å². The van der Waals surface area contributed by atoms with E-state index in [0.717, 1.165) is 18.4 Å². The summed E-state index contributed by atoms with van der Waals surface area (Å²) in [5.74, 6) is -0.769. The average molecular weight is 509 g/mol. The van der Waals surface area contributed by atoms with Gasteiger partial charge in [-0.15, -0.1) is 0 Å². The molecule has 0 bridgehead atoms. The Morgan fingerprint density at radius 3 is 2.78 bits per heavy atom. The van der Waals surface area contributed by atoms with Crippen LogP contribution in [0.4, 0.5) is 0 Å². The maximum atomic E-state index is 13.5. The van der Waals surface area contributed by atoms with E-state index in [1.54, 1.807) is 12.2 Å². The molecule has 1 N–H and O–H groups in total. The van der Waals surface area contributed by atoms with Crippen LogP contribution >= 0.6 is 15.9 Å². The standard InChI is InChI=1S/C24H29BrO7/c1-13(26)30-11-19(29)24-20(31-12-32-24)9-17-16-5-4-14-8-15(27)6-7-21(14,2)23(16,25)18(28)10-22(17,24)3/h6-8,16-18,20,28H,4-5,9-12H2,1-3H3/t16-,17-,18-,20+,21-,22-,23-,24+/m0/s1. The molecule has 8 heteroatoms. The molecular formula is C24H29BrO7. The maximum Gasteiger partial charge on any atom is 0.303 e. The number of hydrogen-bond donors (Lipinski definition) is 1. The molecule has 0 aromatic carbocycles. The van der Waals surface area contributed by atoms with Gasteiger partial charge in [0.15, 0.2) is 18.0 Å². The normalized spacial score (nSPS) is 48.9. The van der Waals surface area contributed by atoms with Gasteiger partial charge in [0, 0.05) is 17.8 Å². The molecule has 0 radical (unpaired) electrons. The molecule has 5 aliphatic rings. The summed E-state index contributed by atoms with van der Waals surface area (Å²) < 4.78 is 16.4. The van der Waals surface area contributed by atoms with Crippen molar-refractivity contribution < 1.29 is 33.7 Å². The molecule has 1 heterocycles. The van der Waals surface area contributed by atoms with E-state index in [9.17, 15) is 19.5 Å². The fourth-order valence-corrected chi connectivity index (χ4v) is 8.79. The first-order valence-electron chi connectivity index (χ1n) is 11.2. The molecule has 4 fully saturated rings.